The summed E-state index contributed by atoms with van der Waals surface area (Å²) in [5.41, 5.74) is 0.376. The fourth-order valence-electron chi connectivity index (χ4n) is 2.09. The van der Waals surface area contributed by atoms with Gasteiger partial charge in [0.2, 0.25) is 0 Å². The molecule has 1 saturated heterocycles. The number of nitrogens with zero attached hydrogens (tertiary/aromatic N) is 3. The number of hydrogen-bond acceptors (Lipinski definition) is 4. The number of ketones is 1. The van der Waals surface area contributed by atoms with Gasteiger partial charge in [-0.25, -0.2) is 9.69 Å². The summed E-state index contributed by atoms with van der Waals surface area (Å²) in [7, 11) is 1.69. The number of urea groups is 1. The van der Waals surface area contributed by atoms with E-state index in [9.17, 15) is 19.2 Å². The average molecular weight is 277 g/mol. The van der Waals surface area contributed by atoms with E-state index in [-0.39, 0.29) is 0 Å². The highest BCUT2D eigenvalue weighted by atomic mass is 16.2. The van der Waals surface area contributed by atoms with Crippen molar-refractivity contribution in [3.8, 4) is 0 Å². The molecule has 0 saturated carbocycles. The van der Waals surface area contributed by atoms with Gasteiger partial charge in [-0.2, -0.15) is 0 Å². The Morgan fingerprint density at radius 3 is 2.30 bits per heavy atom. The van der Waals surface area contributed by atoms with Crippen molar-refractivity contribution in [2.75, 3.05) is 6.54 Å². The average Bonchev–Trinajstić information content (AvgIpc) is 2.87. The van der Waals surface area contributed by atoms with Crippen LogP contribution in [-0.2, 0) is 16.6 Å². The second-order valence-electron chi connectivity index (χ2n) is 4.87. The number of carbonyl (C=O) groups is 4. The van der Waals surface area contributed by atoms with Crippen molar-refractivity contribution in [2.45, 2.75) is 19.9 Å². The third-order valence-electron chi connectivity index (χ3n) is 3.13. The lowest BCUT2D eigenvalue weighted by Crippen LogP contribution is -2.39. The van der Waals surface area contributed by atoms with E-state index in [0.29, 0.717) is 10.6 Å². The van der Waals surface area contributed by atoms with Crippen molar-refractivity contribution in [1.82, 2.24) is 14.4 Å². The summed E-state index contributed by atoms with van der Waals surface area (Å²) >= 11 is 0. The first-order valence-electron chi connectivity index (χ1n) is 6.18. The molecule has 0 N–H and O–H groups in total. The minimum Gasteiger partial charge on any atom is -0.348 e. The number of aromatic nitrogens is 1. The number of rotatable bonds is 4. The van der Waals surface area contributed by atoms with Crippen LogP contribution in [-0.4, -0.2) is 50.6 Å². The maximum atomic E-state index is 12.1. The molecule has 0 spiro atoms. The van der Waals surface area contributed by atoms with Gasteiger partial charge in [-0.05, 0) is 26.0 Å². The van der Waals surface area contributed by atoms with Gasteiger partial charge in [0.15, 0.2) is 5.78 Å². The molecule has 0 atom stereocenters. The zero-order chi connectivity index (χ0) is 15.0. The largest absolute Gasteiger partial charge is 0.348 e. The van der Waals surface area contributed by atoms with Gasteiger partial charge in [0.05, 0.1) is 12.2 Å². The third-order valence-corrected chi connectivity index (χ3v) is 3.13. The maximum absolute atomic E-state index is 12.1. The molecular weight excluding hydrogens is 262 g/mol. The zero-order valence-corrected chi connectivity index (χ0v) is 11.5. The normalized spacial score (nSPS) is 15.7. The summed E-state index contributed by atoms with van der Waals surface area (Å²) in [6.07, 6.45) is 1.69. The minimum atomic E-state index is -0.953. The summed E-state index contributed by atoms with van der Waals surface area (Å²) < 4.78 is 1.59. The van der Waals surface area contributed by atoms with Crippen molar-refractivity contribution < 1.29 is 19.2 Å². The second kappa shape index (κ2) is 4.92. The number of Topliss-reactive ketones (excluding diaryl/α,β-unsaturated/α-hetero) is 1. The Morgan fingerprint density at radius 1 is 1.20 bits per heavy atom. The van der Waals surface area contributed by atoms with Crippen LogP contribution in [0.2, 0.25) is 0 Å². The molecule has 0 radical (unpaired) electrons. The lowest BCUT2D eigenvalue weighted by atomic mass is 10.2. The molecule has 2 rings (SSSR count). The molecule has 20 heavy (non-hydrogen) atoms. The summed E-state index contributed by atoms with van der Waals surface area (Å²) in [5.74, 6) is -2.23. The molecule has 7 nitrogen and oxygen atoms in total. The Bertz CT molecular complexity index is 603. The Labute approximate surface area is 115 Å². The molecule has 1 aliphatic rings. The molecule has 0 aliphatic carbocycles. The number of carbonyl (C=O) groups excluding carboxylic acids is 4. The Morgan fingerprint density at radius 2 is 1.85 bits per heavy atom. The van der Waals surface area contributed by atoms with Gasteiger partial charge < -0.3 is 4.57 Å². The predicted molar refractivity (Wildman–Crippen MR) is 68.8 cm³/mol. The number of aryl methyl sites for hydroxylation is 1. The lowest BCUT2D eigenvalue weighted by Gasteiger charge is -2.18. The summed E-state index contributed by atoms with van der Waals surface area (Å²) in [6, 6.07) is 2.12. The van der Waals surface area contributed by atoms with Gasteiger partial charge in [0, 0.05) is 19.3 Å². The van der Waals surface area contributed by atoms with Crippen LogP contribution >= 0.6 is 0 Å². The van der Waals surface area contributed by atoms with Crippen LogP contribution in [0.4, 0.5) is 4.79 Å². The van der Waals surface area contributed by atoms with E-state index in [4.69, 9.17) is 0 Å². The number of hydrogen-bond donors (Lipinski definition) is 0. The molecular formula is C13H15N3O4. The van der Waals surface area contributed by atoms with Crippen molar-refractivity contribution in [1.29, 1.82) is 0 Å². The minimum absolute atomic E-state index is 0.376. The van der Waals surface area contributed by atoms with E-state index in [2.05, 4.69) is 0 Å². The molecule has 4 amide bonds. The van der Waals surface area contributed by atoms with Crippen LogP contribution in [0.25, 0.3) is 0 Å². The van der Waals surface area contributed by atoms with E-state index in [1.165, 1.54) is 0 Å². The van der Waals surface area contributed by atoms with Crippen molar-refractivity contribution in [2.24, 2.45) is 7.05 Å². The molecule has 106 valence electrons. The third kappa shape index (κ3) is 2.11. The topological polar surface area (TPSA) is 79.7 Å². The van der Waals surface area contributed by atoms with Gasteiger partial charge in [-0.15, -0.1) is 0 Å². The quantitative estimate of drug-likeness (QED) is 0.453. The van der Waals surface area contributed by atoms with Crippen LogP contribution in [0.15, 0.2) is 18.3 Å². The van der Waals surface area contributed by atoms with Crippen LogP contribution in [0, 0.1) is 0 Å². The molecule has 0 bridgehead atoms. The van der Waals surface area contributed by atoms with Crippen LogP contribution in [0.1, 0.15) is 24.3 Å². The molecule has 1 aromatic rings. The fourth-order valence-corrected chi connectivity index (χ4v) is 2.09. The predicted octanol–water partition coefficient (Wildman–Crippen LogP) is 0.407. The Hall–Kier alpha value is -2.44. The highest BCUT2D eigenvalue weighted by Gasteiger charge is 2.46. The van der Waals surface area contributed by atoms with Crippen molar-refractivity contribution in [3.63, 3.8) is 0 Å². The molecule has 1 aromatic heterocycles. The Kier molecular flexibility index (Phi) is 3.44. The van der Waals surface area contributed by atoms with Gasteiger partial charge in [-0.3, -0.25) is 19.3 Å². The number of amides is 4. The highest BCUT2D eigenvalue weighted by Crippen LogP contribution is 2.16. The van der Waals surface area contributed by atoms with Gasteiger partial charge in [0.25, 0.3) is 0 Å². The smallest absolute Gasteiger partial charge is 0.334 e. The first-order valence-corrected chi connectivity index (χ1v) is 6.18. The van der Waals surface area contributed by atoms with E-state index < -0.39 is 36.2 Å². The first kappa shape index (κ1) is 14.0. The van der Waals surface area contributed by atoms with E-state index >= 15 is 0 Å². The maximum Gasteiger partial charge on any atom is 0.334 e. The summed E-state index contributed by atoms with van der Waals surface area (Å²) in [4.78, 5) is 49.1. The van der Waals surface area contributed by atoms with E-state index in [0.717, 1.165) is 4.90 Å². The zero-order valence-electron chi connectivity index (χ0n) is 11.5. The molecule has 0 aromatic carbocycles. The van der Waals surface area contributed by atoms with E-state index in [1.807, 2.05) is 0 Å². The summed E-state index contributed by atoms with van der Waals surface area (Å²) in [6.45, 7) is 2.83. The summed E-state index contributed by atoms with van der Waals surface area (Å²) in [5, 5.41) is 0. The highest BCUT2D eigenvalue weighted by molar-refractivity contribution is 6.45. The molecule has 7 heteroatoms. The van der Waals surface area contributed by atoms with E-state index in [1.54, 1.807) is 43.8 Å². The van der Waals surface area contributed by atoms with Gasteiger partial charge >= 0.3 is 17.8 Å². The monoisotopic (exact) mass is 277 g/mol. The van der Waals surface area contributed by atoms with Crippen molar-refractivity contribution >= 4 is 23.6 Å². The van der Waals surface area contributed by atoms with Crippen LogP contribution in [0.3, 0.4) is 0 Å². The van der Waals surface area contributed by atoms with Gasteiger partial charge in [-0.1, -0.05) is 0 Å². The first-order chi connectivity index (χ1) is 9.34. The fraction of sp³-hybridized carbons (Fsp3) is 0.385. The molecule has 0 unspecified atom stereocenters. The Balaban J connectivity index is 2.20. The van der Waals surface area contributed by atoms with Gasteiger partial charge in [0.1, 0.15) is 0 Å². The standard InChI is InChI=1S/C13H15N3O4/c1-8(2)16-12(19)11(18)15(13(16)20)7-10(17)9-5-4-6-14(9)3/h4-6,8H,7H2,1-3H3. The van der Waals surface area contributed by atoms with Crippen molar-refractivity contribution in [3.05, 3.63) is 24.0 Å². The molecule has 1 fully saturated rings. The van der Waals surface area contributed by atoms with Crippen LogP contribution < -0.4 is 0 Å². The molecule has 1 aliphatic heterocycles. The number of imide groups is 2. The van der Waals surface area contributed by atoms with Crippen LogP contribution in [0.5, 0.6) is 0 Å². The molecule has 2 heterocycles. The lowest BCUT2D eigenvalue weighted by molar-refractivity contribution is -0.143. The SMILES string of the molecule is CC(C)N1C(=O)C(=O)N(CC(=O)c2cccn2C)C1=O. The second-order valence-corrected chi connectivity index (χ2v) is 4.87.